The van der Waals surface area contributed by atoms with Crippen molar-refractivity contribution in [2.24, 2.45) is 0 Å². The van der Waals surface area contributed by atoms with Crippen LogP contribution < -0.4 is 0 Å². The number of sulfonamides is 1. The smallest absolute Gasteiger partial charge is 0.246 e. The SMILES string of the molecule is CN(Cc1nnc2n1CCC2)S(=O)(=O)c1cnc(Cl)nc1. The van der Waals surface area contributed by atoms with E-state index in [1.165, 1.54) is 23.7 Å². The Hall–Kier alpha value is -1.58. The summed E-state index contributed by atoms with van der Waals surface area (Å²) in [5.74, 6) is 1.55. The van der Waals surface area contributed by atoms with Crippen LogP contribution in [0.5, 0.6) is 0 Å². The molecule has 1 aliphatic heterocycles. The van der Waals surface area contributed by atoms with Crippen molar-refractivity contribution < 1.29 is 8.42 Å². The third-order valence-electron chi connectivity index (χ3n) is 3.36. The molecule has 21 heavy (non-hydrogen) atoms. The molecule has 0 aliphatic carbocycles. The van der Waals surface area contributed by atoms with Crippen LogP contribution in [0.15, 0.2) is 17.3 Å². The van der Waals surface area contributed by atoms with Gasteiger partial charge in [-0.15, -0.1) is 10.2 Å². The lowest BCUT2D eigenvalue weighted by atomic mass is 10.4. The fourth-order valence-corrected chi connectivity index (χ4v) is 3.34. The van der Waals surface area contributed by atoms with Crippen LogP contribution in [0.4, 0.5) is 0 Å². The zero-order valence-electron chi connectivity index (χ0n) is 11.3. The van der Waals surface area contributed by atoms with E-state index < -0.39 is 10.0 Å². The van der Waals surface area contributed by atoms with Gasteiger partial charge in [-0.05, 0) is 18.0 Å². The number of hydrogen-bond acceptors (Lipinski definition) is 6. The maximum absolute atomic E-state index is 12.4. The summed E-state index contributed by atoms with van der Waals surface area (Å²) in [6, 6.07) is 0. The first kappa shape index (κ1) is 14.4. The standard InChI is InChI=1S/C11H13ClN6O2S/c1-17(7-10-16-15-9-3-2-4-18(9)10)21(19,20)8-5-13-11(12)14-6-8/h5-6H,2-4,7H2,1H3. The molecular weight excluding hydrogens is 316 g/mol. The average Bonchev–Trinajstić information content (AvgIpc) is 3.04. The molecule has 0 atom stereocenters. The first-order valence-corrected chi connectivity index (χ1v) is 8.15. The Morgan fingerprint density at radius 2 is 2.05 bits per heavy atom. The average molecular weight is 329 g/mol. The van der Waals surface area contributed by atoms with Gasteiger partial charge in [0.15, 0.2) is 0 Å². The van der Waals surface area contributed by atoms with Crippen molar-refractivity contribution in [2.75, 3.05) is 7.05 Å². The highest BCUT2D eigenvalue weighted by Gasteiger charge is 2.25. The highest BCUT2D eigenvalue weighted by atomic mass is 35.5. The number of aromatic nitrogens is 5. The maximum Gasteiger partial charge on any atom is 0.246 e. The molecule has 2 aromatic heterocycles. The van der Waals surface area contributed by atoms with Crippen molar-refractivity contribution in [1.82, 2.24) is 29.0 Å². The molecule has 0 N–H and O–H groups in total. The second kappa shape index (κ2) is 5.32. The summed E-state index contributed by atoms with van der Waals surface area (Å²) in [6.45, 7) is 0.980. The van der Waals surface area contributed by atoms with Gasteiger partial charge in [0.2, 0.25) is 15.3 Å². The predicted octanol–water partition coefficient (Wildman–Crippen LogP) is 0.488. The molecule has 1 aliphatic rings. The van der Waals surface area contributed by atoms with Gasteiger partial charge in [0.05, 0.1) is 18.9 Å². The number of hydrogen-bond donors (Lipinski definition) is 0. The fourth-order valence-electron chi connectivity index (χ4n) is 2.23. The molecule has 0 bridgehead atoms. The Balaban J connectivity index is 1.84. The number of aryl methyl sites for hydroxylation is 1. The molecule has 10 heteroatoms. The molecule has 0 aromatic carbocycles. The van der Waals surface area contributed by atoms with Crippen molar-refractivity contribution in [3.63, 3.8) is 0 Å². The number of halogens is 1. The number of fused-ring (bicyclic) bond motifs is 1. The van der Waals surface area contributed by atoms with E-state index in [0.717, 1.165) is 25.2 Å². The highest BCUT2D eigenvalue weighted by Crippen LogP contribution is 2.18. The topological polar surface area (TPSA) is 93.9 Å². The minimum absolute atomic E-state index is 0.00411. The van der Waals surface area contributed by atoms with Gasteiger partial charge < -0.3 is 4.57 Å². The lowest BCUT2D eigenvalue weighted by molar-refractivity contribution is 0.446. The van der Waals surface area contributed by atoms with Crippen LogP contribution in [0, 0.1) is 0 Å². The monoisotopic (exact) mass is 328 g/mol. The summed E-state index contributed by atoms with van der Waals surface area (Å²) in [5.41, 5.74) is 0. The van der Waals surface area contributed by atoms with Crippen LogP contribution in [-0.4, -0.2) is 44.5 Å². The molecule has 0 fully saturated rings. The molecule has 0 amide bonds. The third kappa shape index (κ3) is 2.63. The van der Waals surface area contributed by atoms with Gasteiger partial charge in [0.1, 0.15) is 16.5 Å². The molecular formula is C11H13ClN6O2S. The van der Waals surface area contributed by atoms with Gasteiger partial charge in [0.25, 0.3) is 0 Å². The van der Waals surface area contributed by atoms with E-state index in [9.17, 15) is 8.42 Å². The van der Waals surface area contributed by atoms with Gasteiger partial charge in [-0.3, -0.25) is 0 Å². The quantitative estimate of drug-likeness (QED) is 0.758. The second-order valence-electron chi connectivity index (χ2n) is 4.74. The summed E-state index contributed by atoms with van der Waals surface area (Å²) in [6.07, 6.45) is 4.28. The fraction of sp³-hybridized carbons (Fsp3) is 0.455. The normalized spacial score (nSPS) is 14.6. The van der Waals surface area contributed by atoms with E-state index in [0.29, 0.717) is 5.82 Å². The van der Waals surface area contributed by atoms with Crippen molar-refractivity contribution in [3.05, 3.63) is 29.3 Å². The lowest BCUT2D eigenvalue weighted by Gasteiger charge is -2.16. The minimum Gasteiger partial charge on any atom is -0.314 e. The van der Waals surface area contributed by atoms with Crippen LogP contribution in [0.2, 0.25) is 5.28 Å². The van der Waals surface area contributed by atoms with Gasteiger partial charge in [-0.1, -0.05) is 0 Å². The van der Waals surface area contributed by atoms with Gasteiger partial charge in [-0.25, -0.2) is 18.4 Å². The summed E-state index contributed by atoms with van der Waals surface area (Å²) in [4.78, 5) is 7.39. The summed E-state index contributed by atoms with van der Waals surface area (Å²) >= 11 is 5.57. The van der Waals surface area contributed by atoms with E-state index >= 15 is 0 Å². The molecule has 112 valence electrons. The van der Waals surface area contributed by atoms with Crippen molar-refractivity contribution in [2.45, 2.75) is 30.8 Å². The van der Waals surface area contributed by atoms with E-state index in [4.69, 9.17) is 11.6 Å². The zero-order valence-corrected chi connectivity index (χ0v) is 12.8. The summed E-state index contributed by atoms with van der Waals surface area (Å²) in [7, 11) is -2.19. The van der Waals surface area contributed by atoms with Crippen molar-refractivity contribution in [1.29, 1.82) is 0 Å². The Bertz CT molecular complexity index is 758. The van der Waals surface area contributed by atoms with Crippen LogP contribution in [0.3, 0.4) is 0 Å². The molecule has 0 spiro atoms. The van der Waals surface area contributed by atoms with Crippen LogP contribution in [0.1, 0.15) is 18.1 Å². The number of rotatable bonds is 4. The van der Waals surface area contributed by atoms with E-state index in [2.05, 4.69) is 20.2 Å². The highest BCUT2D eigenvalue weighted by molar-refractivity contribution is 7.89. The van der Waals surface area contributed by atoms with Crippen molar-refractivity contribution in [3.8, 4) is 0 Å². The van der Waals surface area contributed by atoms with Crippen LogP contribution in [-0.2, 0) is 29.5 Å². The first-order chi connectivity index (χ1) is 9.98. The second-order valence-corrected chi connectivity index (χ2v) is 7.12. The summed E-state index contributed by atoms with van der Waals surface area (Å²) in [5, 5.41) is 8.13. The van der Waals surface area contributed by atoms with E-state index in [-0.39, 0.29) is 16.7 Å². The molecule has 0 saturated carbocycles. The Labute approximate surface area is 126 Å². The largest absolute Gasteiger partial charge is 0.314 e. The molecule has 0 radical (unpaired) electrons. The van der Waals surface area contributed by atoms with Gasteiger partial charge >= 0.3 is 0 Å². The van der Waals surface area contributed by atoms with Crippen LogP contribution >= 0.6 is 11.6 Å². The molecule has 0 saturated heterocycles. The lowest BCUT2D eigenvalue weighted by Crippen LogP contribution is -2.28. The Morgan fingerprint density at radius 3 is 2.76 bits per heavy atom. The predicted molar refractivity (Wildman–Crippen MR) is 74.0 cm³/mol. The maximum atomic E-state index is 12.4. The minimum atomic E-state index is -3.68. The Morgan fingerprint density at radius 1 is 1.33 bits per heavy atom. The Kier molecular flexibility index (Phi) is 3.64. The molecule has 2 aromatic rings. The van der Waals surface area contributed by atoms with Gasteiger partial charge in [0, 0.05) is 20.0 Å². The number of nitrogens with zero attached hydrogens (tertiary/aromatic N) is 6. The van der Waals surface area contributed by atoms with E-state index in [1.807, 2.05) is 4.57 Å². The molecule has 3 rings (SSSR count). The van der Waals surface area contributed by atoms with Gasteiger partial charge in [-0.2, -0.15) is 4.31 Å². The van der Waals surface area contributed by atoms with E-state index in [1.54, 1.807) is 0 Å². The molecule has 3 heterocycles. The summed E-state index contributed by atoms with van der Waals surface area (Å²) < 4.78 is 28.0. The van der Waals surface area contributed by atoms with Crippen LogP contribution in [0.25, 0.3) is 0 Å². The van der Waals surface area contributed by atoms with Crippen molar-refractivity contribution >= 4 is 21.6 Å². The first-order valence-electron chi connectivity index (χ1n) is 6.33. The third-order valence-corrected chi connectivity index (χ3v) is 5.31. The zero-order chi connectivity index (χ0) is 15.0. The molecule has 8 nitrogen and oxygen atoms in total. The molecule has 0 unspecified atom stereocenters.